The van der Waals surface area contributed by atoms with Gasteiger partial charge in [-0.15, -0.1) is 0 Å². The van der Waals surface area contributed by atoms with E-state index in [1.165, 1.54) is 0 Å². The second kappa shape index (κ2) is 5.96. The Bertz CT molecular complexity index is 389. The number of aliphatic hydroxyl groups is 1. The predicted molar refractivity (Wildman–Crippen MR) is 68.4 cm³/mol. The zero-order chi connectivity index (χ0) is 13.0. The topological polar surface area (TPSA) is 47.9 Å². The molecule has 0 aromatic heterocycles. The number of ether oxygens (including phenoxy) is 3. The molecule has 0 fully saturated rings. The van der Waals surface area contributed by atoms with Crippen LogP contribution in [0.3, 0.4) is 0 Å². The molecule has 100 valence electrons. The molecule has 0 spiro atoms. The lowest BCUT2D eigenvalue weighted by molar-refractivity contribution is 0.0888. The van der Waals surface area contributed by atoms with E-state index < -0.39 is 6.10 Å². The van der Waals surface area contributed by atoms with Gasteiger partial charge < -0.3 is 19.3 Å². The molecule has 4 heteroatoms. The summed E-state index contributed by atoms with van der Waals surface area (Å²) in [5.74, 6) is 2.61. The summed E-state index contributed by atoms with van der Waals surface area (Å²) in [7, 11) is 0. The van der Waals surface area contributed by atoms with E-state index in [2.05, 4.69) is 13.8 Å². The third kappa shape index (κ3) is 3.53. The molecule has 0 unspecified atom stereocenters. The molecular weight excluding hydrogens is 232 g/mol. The number of hydrogen-bond acceptors (Lipinski definition) is 4. The highest BCUT2D eigenvalue weighted by Gasteiger charge is 2.13. The van der Waals surface area contributed by atoms with Gasteiger partial charge in [-0.2, -0.15) is 0 Å². The highest BCUT2D eigenvalue weighted by atomic mass is 16.6. The first-order chi connectivity index (χ1) is 8.65. The molecule has 18 heavy (non-hydrogen) atoms. The Morgan fingerprint density at radius 2 is 1.94 bits per heavy atom. The Labute approximate surface area is 107 Å². The second-order valence-corrected chi connectivity index (χ2v) is 4.90. The second-order valence-electron chi connectivity index (χ2n) is 4.90. The summed E-state index contributed by atoms with van der Waals surface area (Å²) < 4.78 is 16.4. The van der Waals surface area contributed by atoms with Crippen LogP contribution in [0.25, 0.3) is 0 Å². The lowest BCUT2D eigenvalue weighted by Gasteiger charge is -2.19. The van der Waals surface area contributed by atoms with Gasteiger partial charge in [0, 0.05) is 6.07 Å². The Hall–Kier alpha value is -1.42. The Balaban J connectivity index is 1.90. The van der Waals surface area contributed by atoms with Crippen LogP contribution < -0.4 is 14.2 Å². The van der Waals surface area contributed by atoms with Crippen molar-refractivity contribution >= 4 is 0 Å². The van der Waals surface area contributed by atoms with Gasteiger partial charge in [-0.3, -0.25) is 0 Å². The highest BCUT2D eigenvalue weighted by molar-refractivity contribution is 5.46. The molecular formula is C14H20O4. The third-order valence-electron chi connectivity index (χ3n) is 2.70. The van der Waals surface area contributed by atoms with Gasteiger partial charge in [0.1, 0.15) is 25.6 Å². The summed E-state index contributed by atoms with van der Waals surface area (Å²) in [6.45, 7) is 5.60. The third-order valence-corrected chi connectivity index (χ3v) is 2.70. The van der Waals surface area contributed by atoms with Gasteiger partial charge in [-0.1, -0.05) is 13.8 Å². The Kier molecular flexibility index (Phi) is 4.31. The van der Waals surface area contributed by atoms with Crippen LogP contribution in [0.4, 0.5) is 0 Å². The van der Waals surface area contributed by atoms with E-state index >= 15 is 0 Å². The van der Waals surface area contributed by atoms with Crippen LogP contribution in [0.5, 0.6) is 17.2 Å². The fourth-order valence-electron chi connectivity index (χ4n) is 1.92. The molecule has 0 saturated heterocycles. The maximum Gasteiger partial charge on any atom is 0.165 e. The van der Waals surface area contributed by atoms with E-state index in [-0.39, 0.29) is 0 Å². The average Bonchev–Trinajstić information content (AvgIpc) is 2.35. The Morgan fingerprint density at radius 1 is 1.22 bits per heavy atom. The van der Waals surface area contributed by atoms with Crippen molar-refractivity contribution in [3.05, 3.63) is 18.2 Å². The van der Waals surface area contributed by atoms with Crippen LogP contribution in [0, 0.1) is 5.92 Å². The molecule has 1 heterocycles. The summed E-state index contributed by atoms with van der Waals surface area (Å²) in [6.07, 6.45) is 0.308. The van der Waals surface area contributed by atoms with Gasteiger partial charge in [-0.25, -0.2) is 0 Å². The van der Waals surface area contributed by atoms with Crippen LogP contribution in [-0.2, 0) is 0 Å². The lowest BCUT2D eigenvalue weighted by atomic mass is 10.1. The molecule has 0 saturated carbocycles. The fraction of sp³-hybridized carbons (Fsp3) is 0.571. The zero-order valence-corrected chi connectivity index (χ0v) is 10.9. The van der Waals surface area contributed by atoms with Gasteiger partial charge in [0.25, 0.3) is 0 Å². The smallest absolute Gasteiger partial charge is 0.165 e. The molecule has 2 rings (SSSR count). The van der Waals surface area contributed by atoms with Crippen molar-refractivity contribution in [2.75, 3.05) is 19.8 Å². The first kappa shape index (κ1) is 13.0. The minimum absolute atomic E-state index is 0.303. The van der Waals surface area contributed by atoms with Crippen LogP contribution in [-0.4, -0.2) is 31.0 Å². The monoisotopic (exact) mass is 252 g/mol. The minimum atomic E-state index is -0.432. The molecule has 1 aliphatic rings. The van der Waals surface area contributed by atoms with Crippen molar-refractivity contribution in [1.82, 2.24) is 0 Å². The van der Waals surface area contributed by atoms with Crippen LogP contribution in [0.2, 0.25) is 0 Å². The molecule has 1 aromatic carbocycles. The van der Waals surface area contributed by atoms with E-state index in [1.807, 2.05) is 12.1 Å². The predicted octanol–water partition coefficient (Wildman–Crippen LogP) is 2.24. The summed E-state index contributed by atoms with van der Waals surface area (Å²) in [5.41, 5.74) is 0. The van der Waals surface area contributed by atoms with E-state index in [0.717, 1.165) is 12.2 Å². The standard InChI is InChI=1S/C14H20O4/c1-10(2)7-11(15)9-18-12-3-4-13-14(8-12)17-6-5-16-13/h3-4,8,10-11,15H,5-7,9H2,1-2H3/t11-/m1/s1. The van der Waals surface area contributed by atoms with Gasteiger partial charge in [0.15, 0.2) is 11.5 Å². The quantitative estimate of drug-likeness (QED) is 0.873. The number of aliphatic hydroxyl groups excluding tert-OH is 1. The average molecular weight is 252 g/mol. The molecule has 0 radical (unpaired) electrons. The van der Waals surface area contributed by atoms with E-state index in [1.54, 1.807) is 6.07 Å². The van der Waals surface area contributed by atoms with Crippen molar-refractivity contribution in [2.24, 2.45) is 5.92 Å². The van der Waals surface area contributed by atoms with Crippen LogP contribution in [0.1, 0.15) is 20.3 Å². The van der Waals surface area contributed by atoms with Gasteiger partial charge in [-0.05, 0) is 24.5 Å². The maximum absolute atomic E-state index is 9.74. The van der Waals surface area contributed by atoms with Crippen molar-refractivity contribution in [3.63, 3.8) is 0 Å². The zero-order valence-electron chi connectivity index (χ0n) is 10.9. The first-order valence-corrected chi connectivity index (χ1v) is 6.35. The van der Waals surface area contributed by atoms with Gasteiger partial charge in [0.05, 0.1) is 6.10 Å². The first-order valence-electron chi connectivity index (χ1n) is 6.35. The van der Waals surface area contributed by atoms with Gasteiger partial charge in [0.2, 0.25) is 0 Å². The van der Waals surface area contributed by atoms with E-state index in [0.29, 0.717) is 37.2 Å². The number of hydrogen-bond donors (Lipinski definition) is 1. The van der Waals surface area contributed by atoms with Crippen molar-refractivity contribution in [3.8, 4) is 17.2 Å². The fourth-order valence-corrected chi connectivity index (χ4v) is 1.92. The molecule has 0 bridgehead atoms. The van der Waals surface area contributed by atoms with Crippen molar-refractivity contribution in [1.29, 1.82) is 0 Å². The minimum Gasteiger partial charge on any atom is -0.491 e. The van der Waals surface area contributed by atoms with Crippen molar-refractivity contribution < 1.29 is 19.3 Å². The summed E-state index contributed by atoms with van der Waals surface area (Å²) in [4.78, 5) is 0. The highest BCUT2D eigenvalue weighted by Crippen LogP contribution is 2.33. The number of fused-ring (bicyclic) bond motifs is 1. The molecule has 4 nitrogen and oxygen atoms in total. The molecule has 1 aliphatic heterocycles. The van der Waals surface area contributed by atoms with E-state index in [4.69, 9.17) is 14.2 Å². The van der Waals surface area contributed by atoms with E-state index in [9.17, 15) is 5.11 Å². The summed E-state index contributed by atoms with van der Waals surface area (Å²) >= 11 is 0. The summed E-state index contributed by atoms with van der Waals surface area (Å²) in [5, 5.41) is 9.74. The molecule has 0 amide bonds. The molecule has 1 atom stereocenters. The lowest BCUT2D eigenvalue weighted by Crippen LogP contribution is -2.20. The normalized spacial score (nSPS) is 15.6. The maximum atomic E-state index is 9.74. The van der Waals surface area contributed by atoms with Crippen molar-refractivity contribution in [2.45, 2.75) is 26.4 Å². The van der Waals surface area contributed by atoms with Crippen LogP contribution >= 0.6 is 0 Å². The Morgan fingerprint density at radius 3 is 2.67 bits per heavy atom. The van der Waals surface area contributed by atoms with Gasteiger partial charge >= 0.3 is 0 Å². The molecule has 0 aliphatic carbocycles. The largest absolute Gasteiger partial charge is 0.491 e. The van der Waals surface area contributed by atoms with Crippen LogP contribution in [0.15, 0.2) is 18.2 Å². The molecule has 1 N–H and O–H groups in total. The molecule has 1 aromatic rings. The SMILES string of the molecule is CC(C)C[C@@H](O)COc1ccc2c(c1)OCCO2. The number of rotatable bonds is 5. The number of benzene rings is 1. The summed E-state index contributed by atoms with van der Waals surface area (Å²) in [6, 6.07) is 5.46.